The van der Waals surface area contributed by atoms with Crippen LogP contribution in [0.25, 0.3) is 0 Å². The molecule has 4 aromatic heterocycles. The molecule has 0 amide bonds. The van der Waals surface area contributed by atoms with Gasteiger partial charge in [-0.3, -0.25) is 19.2 Å². The van der Waals surface area contributed by atoms with Crippen LogP contribution >= 0.6 is 45.3 Å². The Balaban J connectivity index is 0.000000281. The number of carbonyl (C=O) groups excluding carboxylic acids is 6. The second-order valence-corrected chi connectivity index (χ2v) is 15.0. The summed E-state index contributed by atoms with van der Waals surface area (Å²) in [5, 5.41) is 32.5. The topological polar surface area (TPSA) is 204 Å². The van der Waals surface area contributed by atoms with Crippen LogP contribution in [0.5, 0.6) is 0 Å². The number of ketones is 4. The van der Waals surface area contributed by atoms with E-state index in [-0.39, 0.29) is 101 Å². The molecule has 12 nitrogen and oxygen atoms in total. The molecule has 0 aromatic carbocycles. The monoisotopic (exact) mass is 804 g/mol. The number of rotatable bonds is 13. The minimum Gasteiger partial charge on any atom is -0.550 e. The molecule has 18 heteroatoms. The zero-order valence-corrected chi connectivity index (χ0v) is 36.0. The Morgan fingerprint density at radius 3 is 1.56 bits per heavy atom. The van der Waals surface area contributed by atoms with E-state index in [1.807, 2.05) is 6.92 Å². The molecule has 2 aliphatic carbocycles. The Morgan fingerprint density at radius 2 is 1.17 bits per heavy atom. The van der Waals surface area contributed by atoms with E-state index in [9.17, 15) is 43.8 Å². The Hall–Kier alpha value is -2.19. The van der Waals surface area contributed by atoms with Gasteiger partial charge in [0.05, 0.1) is 45.3 Å². The number of unbranched alkanes of at least 4 members (excludes halogenated alkanes) is 1. The normalized spacial score (nSPS) is 12.7. The number of carbonyl (C=O) groups is 7. The van der Waals surface area contributed by atoms with Crippen molar-refractivity contribution in [3.05, 3.63) is 86.5 Å². The molecule has 0 spiro atoms. The predicted molar refractivity (Wildman–Crippen MR) is 181 cm³/mol. The third kappa shape index (κ3) is 11.4. The molecule has 264 valence electrons. The Labute approximate surface area is 358 Å². The number of carboxylic acid groups (broad SMARTS) is 3. The standard InChI is InChI=1S/2C13H8O5S2.C8H16O2.2Na/c2*14-9(15)5-18-4-6-3-8-10(16)7-1-2-19-12(7)11(17)13(8)20-6;1-3-5-6-7(4-2)8(9)10;;/h2*1-3H,4-5H2,(H,14,15);7H,3-6H2,1-2H3,(H,9,10);;/q;;;2*+1/p-2. The number of fused-ring (bicyclic) bond motifs is 4. The largest absolute Gasteiger partial charge is 1.00 e. The quantitative estimate of drug-likeness (QED) is 0.126. The van der Waals surface area contributed by atoms with E-state index >= 15 is 0 Å². The van der Waals surface area contributed by atoms with E-state index in [4.69, 9.17) is 14.6 Å². The van der Waals surface area contributed by atoms with Crippen molar-refractivity contribution in [2.24, 2.45) is 5.92 Å². The van der Waals surface area contributed by atoms with Crippen molar-refractivity contribution in [3.63, 3.8) is 0 Å². The molecule has 0 saturated carbocycles. The molecule has 1 N–H and O–H groups in total. The third-order valence-corrected chi connectivity index (χ3v) is 11.4. The fourth-order valence-electron chi connectivity index (χ4n) is 4.94. The minimum atomic E-state index is -1.30. The van der Waals surface area contributed by atoms with Crippen LogP contribution in [0.15, 0.2) is 35.0 Å². The summed E-state index contributed by atoms with van der Waals surface area (Å²) in [6.07, 6.45) is 3.52. The fourth-order valence-corrected chi connectivity index (χ4v) is 8.82. The first-order chi connectivity index (χ1) is 23.9. The van der Waals surface area contributed by atoms with Gasteiger partial charge in [0, 0.05) is 38.0 Å². The van der Waals surface area contributed by atoms with Crippen LogP contribution in [0.3, 0.4) is 0 Å². The van der Waals surface area contributed by atoms with E-state index in [0.717, 1.165) is 30.6 Å². The average Bonchev–Trinajstić information content (AvgIpc) is 3.89. The molecular weight excluding hydrogens is 775 g/mol. The molecule has 4 heterocycles. The maximum absolute atomic E-state index is 12.2. The molecule has 0 saturated heterocycles. The van der Waals surface area contributed by atoms with Crippen molar-refractivity contribution < 1.29 is 117 Å². The number of thiophene rings is 4. The van der Waals surface area contributed by atoms with E-state index in [2.05, 4.69) is 6.92 Å². The van der Waals surface area contributed by atoms with Crippen molar-refractivity contribution in [1.82, 2.24) is 0 Å². The van der Waals surface area contributed by atoms with Gasteiger partial charge >= 0.3 is 65.1 Å². The van der Waals surface area contributed by atoms with Gasteiger partial charge in [-0.15, -0.1) is 45.3 Å². The van der Waals surface area contributed by atoms with Crippen LogP contribution < -0.4 is 69.3 Å². The summed E-state index contributed by atoms with van der Waals surface area (Å²) in [5.41, 5.74) is 1.65. The van der Waals surface area contributed by atoms with Crippen molar-refractivity contribution in [1.29, 1.82) is 0 Å². The second kappa shape index (κ2) is 21.6. The fraction of sp³-hybridized carbons (Fsp3) is 0.324. The summed E-state index contributed by atoms with van der Waals surface area (Å²) < 4.78 is 9.90. The molecule has 4 aromatic rings. The number of hydrogen-bond donors (Lipinski definition) is 1. The summed E-state index contributed by atoms with van der Waals surface area (Å²) in [5.74, 6) is -4.09. The van der Waals surface area contributed by atoms with E-state index in [0.29, 0.717) is 57.9 Å². The minimum absolute atomic E-state index is 0. The molecule has 0 aliphatic heterocycles. The molecule has 2 aliphatic rings. The van der Waals surface area contributed by atoms with Gasteiger partial charge in [0.2, 0.25) is 11.6 Å². The summed E-state index contributed by atoms with van der Waals surface area (Å²) in [7, 11) is 0. The molecule has 1 atom stereocenters. The summed E-state index contributed by atoms with van der Waals surface area (Å²) in [4.78, 5) is 83.0. The van der Waals surface area contributed by atoms with Crippen LogP contribution in [0.2, 0.25) is 0 Å². The Bertz CT molecular complexity index is 1720. The van der Waals surface area contributed by atoms with Crippen LogP contribution in [-0.2, 0) is 37.1 Å². The summed E-state index contributed by atoms with van der Waals surface area (Å²) in [6, 6.07) is 6.51. The Morgan fingerprint density at radius 1 is 0.712 bits per heavy atom. The zero-order valence-electron chi connectivity index (χ0n) is 28.8. The number of carboxylic acids is 3. The van der Waals surface area contributed by atoms with Crippen LogP contribution in [0.4, 0.5) is 0 Å². The summed E-state index contributed by atoms with van der Waals surface area (Å²) in [6.45, 7) is 3.14. The smallest absolute Gasteiger partial charge is 0.550 e. The SMILES string of the molecule is CCCCC(CC)C(=O)[O-].O=C(O)COCc1cc2c(s1)C(=O)c1sccc1C2=O.O=C([O-])COCc1cc2c(s1)C(=O)c1sccc1C2=O.[Na+].[Na+]. The molecular formula is C34H30Na2O12S4. The van der Waals surface area contributed by atoms with Gasteiger partial charge in [0.25, 0.3) is 0 Å². The van der Waals surface area contributed by atoms with Gasteiger partial charge < -0.3 is 34.4 Å². The van der Waals surface area contributed by atoms with Crippen LogP contribution in [0.1, 0.15) is 110 Å². The van der Waals surface area contributed by atoms with Gasteiger partial charge in [-0.1, -0.05) is 26.7 Å². The number of ether oxygens (including phenoxy) is 2. The second-order valence-electron chi connectivity index (χ2n) is 10.9. The maximum Gasteiger partial charge on any atom is 1.00 e. The molecule has 52 heavy (non-hydrogen) atoms. The van der Waals surface area contributed by atoms with Crippen molar-refractivity contribution in [2.75, 3.05) is 13.2 Å². The van der Waals surface area contributed by atoms with Crippen LogP contribution in [0, 0.1) is 5.92 Å². The first kappa shape index (κ1) is 46.0. The molecule has 0 radical (unpaired) electrons. The maximum atomic E-state index is 12.2. The number of hydrogen-bond acceptors (Lipinski definition) is 15. The molecule has 1 unspecified atom stereocenters. The number of aliphatic carboxylic acids is 3. The van der Waals surface area contributed by atoms with Gasteiger partial charge in [-0.2, -0.15) is 0 Å². The van der Waals surface area contributed by atoms with E-state index in [1.54, 1.807) is 35.0 Å². The van der Waals surface area contributed by atoms with Crippen molar-refractivity contribution >= 4 is 86.4 Å². The predicted octanol–water partition coefficient (Wildman–Crippen LogP) is -2.00. The molecule has 6 rings (SSSR count). The van der Waals surface area contributed by atoms with Gasteiger partial charge in [-0.05, 0) is 53.8 Å². The van der Waals surface area contributed by atoms with Crippen molar-refractivity contribution in [3.8, 4) is 0 Å². The van der Waals surface area contributed by atoms with Gasteiger partial charge in [0.1, 0.15) is 6.61 Å². The van der Waals surface area contributed by atoms with E-state index in [1.165, 1.54) is 34.0 Å². The summed E-state index contributed by atoms with van der Waals surface area (Å²) >= 11 is 4.86. The molecule has 0 fully saturated rings. The third-order valence-electron chi connectivity index (χ3n) is 7.37. The average molecular weight is 805 g/mol. The zero-order chi connectivity index (χ0) is 36.5. The van der Waals surface area contributed by atoms with Gasteiger partial charge in [0.15, 0.2) is 11.6 Å². The Kier molecular flexibility index (Phi) is 19.1. The van der Waals surface area contributed by atoms with Crippen LogP contribution in [-0.4, -0.2) is 59.4 Å². The molecule has 0 bridgehead atoms. The first-order valence-electron chi connectivity index (χ1n) is 15.2. The first-order valence-corrected chi connectivity index (χ1v) is 18.6. The van der Waals surface area contributed by atoms with Gasteiger partial charge in [-0.25, -0.2) is 4.79 Å². The van der Waals surface area contributed by atoms with E-state index < -0.39 is 31.1 Å². The van der Waals surface area contributed by atoms with Crippen molar-refractivity contribution in [2.45, 2.75) is 52.7 Å².